The highest BCUT2D eigenvalue weighted by atomic mass is 28.4. The maximum Gasteiger partial charge on any atom is 0.267 e. The minimum Gasteiger partial charge on any atom is -0.467 e. The normalized spacial score (nSPS) is 25.7. The summed E-state index contributed by atoms with van der Waals surface area (Å²) in [4.78, 5) is 41.7. The fraction of sp³-hybridized carbons (Fsp3) is 0.667. The van der Waals surface area contributed by atoms with Crippen LogP contribution in [0.4, 0.5) is 0 Å². The molecule has 2 aliphatic heterocycles. The third-order valence-electron chi connectivity index (χ3n) is 8.60. The van der Waals surface area contributed by atoms with Crippen molar-refractivity contribution >= 4 is 26.0 Å². The van der Waals surface area contributed by atoms with Gasteiger partial charge in [0.15, 0.2) is 14.0 Å². The molecule has 1 N–H and O–H groups in total. The molecule has 1 saturated carbocycles. The number of ether oxygens (including phenoxy) is 1. The third-order valence-corrected chi connectivity index (χ3v) is 13.2. The monoisotopic (exact) mass is 500 g/mol. The summed E-state index contributed by atoms with van der Waals surface area (Å²) >= 11 is 0. The van der Waals surface area contributed by atoms with E-state index in [0.29, 0.717) is 24.2 Å². The van der Waals surface area contributed by atoms with Crippen LogP contribution in [0.2, 0.25) is 18.1 Å². The van der Waals surface area contributed by atoms with Crippen LogP contribution < -0.4 is 10.1 Å². The van der Waals surface area contributed by atoms with Gasteiger partial charge in [-0.05, 0) is 50.0 Å². The van der Waals surface area contributed by atoms with Gasteiger partial charge in [0, 0.05) is 12.8 Å². The van der Waals surface area contributed by atoms with Gasteiger partial charge < -0.3 is 14.5 Å². The van der Waals surface area contributed by atoms with E-state index in [9.17, 15) is 14.4 Å². The zero-order valence-electron chi connectivity index (χ0n) is 22.1. The molecular formula is C27H40N2O5Si. The van der Waals surface area contributed by atoms with Gasteiger partial charge in [0.05, 0.1) is 29.5 Å². The van der Waals surface area contributed by atoms with Gasteiger partial charge in [-0.2, -0.15) is 0 Å². The van der Waals surface area contributed by atoms with Crippen LogP contribution in [0.1, 0.15) is 77.1 Å². The summed E-state index contributed by atoms with van der Waals surface area (Å²) in [5.74, 6) is -1.17. The van der Waals surface area contributed by atoms with Gasteiger partial charge in [-0.1, -0.05) is 46.2 Å². The topological polar surface area (TPSA) is 84.9 Å². The lowest BCUT2D eigenvalue weighted by atomic mass is 9.77. The summed E-state index contributed by atoms with van der Waals surface area (Å²) in [5, 5.41) is 2.95. The highest BCUT2D eigenvalue weighted by Gasteiger charge is 2.56. The number of benzene rings is 1. The Morgan fingerprint density at radius 1 is 1.14 bits per heavy atom. The van der Waals surface area contributed by atoms with E-state index in [4.69, 9.17) is 9.16 Å². The van der Waals surface area contributed by atoms with E-state index in [0.717, 1.165) is 19.3 Å². The van der Waals surface area contributed by atoms with E-state index in [1.807, 2.05) is 19.9 Å². The number of nitrogens with zero attached hydrogens (tertiary/aromatic N) is 1. The molecule has 1 aliphatic carbocycles. The van der Waals surface area contributed by atoms with E-state index in [1.54, 1.807) is 18.2 Å². The summed E-state index contributed by atoms with van der Waals surface area (Å²) in [5.41, 5.74) is -0.547. The molecule has 2 fully saturated rings. The summed E-state index contributed by atoms with van der Waals surface area (Å²) in [6, 6.07) is 6.76. The van der Waals surface area contributed by atoms with Crippen molar-refractivity contribution in [3.05, 3.63) is 29.8 Å². The zero-order chi connectivity index (χ0) is 25.8. The summed E-state index contributed by atoms with van der Waals surface area (Å²) in [6.45, 7) is 14.6. The summed E-state index contributed by atoms with van der Waals surface area (Å²) in [6.07, 6.45) is 3.78. The van der Waals surface area contributed by atoms with E-state index >= 15 is 0 Å². The van der Waals surface area contributed by atoms with Crippen LogP contribution in [0.15, 0.2) is 24.3 Å². The maximum absolute atomic E-state index is 14.0. The van der Waals surface area contributed by atoms with Crippen molar-refractivity contribution in [2.45, 2.75) is 103 Å². The van der Waals surface area contributed by atoms with Crippen molar-refractivity contribution in [2.24, 2.45) is 11.8 Å². The number of β-lactam (4-membered cyclic amide) rings is 1. The predicted octanol–water partition coefficient (Wildman–Crippen LogP) is 4.87. The molecule has 3 unspecified atom stereocenters. The highest BCUT2D eigenvalue weighted by molar-refractivity contribution is 6.74. The molecule has 2 heterocycles. The van der Waals surface area contributed by atoms with E-state index < -0.39 is 25.9 Å². The Morgan fingerprint density at radius 2 is 1.77 bits per heavy atom. The average molecular weight is 501 g/mol. The molecule has 0 radical (unpaired) electrons. The number of nitrogens with one attached hydrogen (secondary N) is 1. The van der Waals surface area contributed by atoms with E-state index in [2.05, 4.69) is 39.2 Å². The van der Waals surface area contributed by atoms with Crippen LogP contribution >= 0.6 is 0 Å². The molecule has 3 aliphatic rings. The Balaban J connectivity index is 1.59. The SMILES string of the molecule is CC(O[Si](C)(C)C(C)(C)C)C1C(=O)NC1[C@@H](C)C(=O)N1C(=O)c2ccccc2OC12CCCCC2. The van der Waals surface area contributed by atoms with Crippen LogP contribution in [-0.2, 0) is 14.0 Å². The first-order chi connectivity index (χ1) is 16.3. The maximum atomic E-state index is 14.0. The molecule has 1 spiro atoms. The molecule has 4 rings (SSSR count). The van der Waals surface area contributed by atoms with Crippen LogP contribution in [0.25, 0.3) is 0 Å². The van der Waals surface area contributed by atoms with Crippen molar-refractivity contribution in [1.29, 1.82) is 0 Å². The number of rotatable bonds is 5. The number of fused-ring (bicyclic) bond motifs is 1. The number of hydrogen-bond acceptors (Lipinski definition) is 5. The van der Waals surface area contributed by atoms with Crippen LogP contribution in [0.5, 0.6) is 5.75 Å². The Bertz CT molecular complexity index is 1010. The number of amides is 3. The quantitative estimate of drug-likeness (QED) is 0.461. The van der Waals surface area contributed by atoms with Crippen LogP contribution in [-0.4, -0.2) is 48.8 Å². The van der Waals surface area contributed by atoms with Gasteiger partial charge in [0.1, 0.15) is 5.75 Å². The Kier molecular flexibility index (Phi) is 6.68. The highest BCUT2D eigenvalue weighted by Crippen LogP contribution is 2.44. The van der Waals surface area contributed by atoms with E-state index in [1.165, 1.54) is 4.90 Å². The molecule has 0 bridgehead atoms. The lowest BCUT2D eigenvalue weighted by Gasteiger charge is -2.51. The minimum absolute atomic E-state index is 0.0106. The van der Waals surface area contributed by atoms with Crippen molar-refractivity contribution in [1.82, 2.24) is 10.2 Å². The molecule has 7 nitrogen and oxygen atoms in total. The van der Waals surface area contributed by atoms with Crippen molar-refractivity contribution in [2.75, 3.05) is 0 Å². The minimum atomic E-state index is -2.10. The fourth-order valence-electron chi connectivity index (χ4n) is 5.45. The van der Waals surface area contributed by atoms with Crippen molar-refractivity contribution in [3.63, 3.8) is 0 Å². The second kappa shape index (κ2) is 9.03. The Labute approximate surface area is 210 Å². The average Bonchev–Trinajstić information content (AvgIpc) is 2.76. The number of carbonyl (C=O) groups excluding carboxylic acids is 3. The van der Waals surface area contributed by atoms with Crippen molar-refractivity contribution in [3.8, 4) is 5.75 Å². The molecule has 1 aromatic rings. The smallest absolute Gasteiger partial charge is 0.267 e. The molecule has 1 aromatic carbocycles. The molecule has 1 saturated heterocycles. The molecule has 0 aromatic heterocycles. The molecule has 3 amide bonds. The molecule has 4 atom stereocenters. The van der Waals surface area contributed by atoms with Crippen LogP contribution in [0, 0.1) is 11.8 Å². The lowest BCUT2D eigenvalue weighted by Crippen LogP contribution is -2.70. The second-order valence-electron chi connectivity index (χ2n) is 12.0. The first kappa shape index (κ1) is 25.9. The number of carbonyl (C=O) groups is 3. The molecular weight excluding hydrogens is 460 g/mol. The Morgan fingerprint density at radius 3 is 2.37 bits per heavy atom. The fourth-order valence-corrected chi connectivity index (χ4v) is 6.88. The van der Waals surface area contributed by atoms with Gasteiger partial charge in [0.2, 0.25) is 11.8 Å². The number of hydrogen-bond donors (Lipinski definition) is 1. The number of imide groups is 1. The van der Waals surface area contributed by atoms with Gasteiger partial charge in [0.25, 0.3) is 5.91 Å². The van der Waals surface area contributed by atoms with Crippen molar-refractivity contribution < 1.29 is 23.5 Å². The number of para-hydroxylation sites is 1. The molecule has 35 heavy (non-hydrogen) atoms. The summed E-state index contributed by atoms with van der Waals surface area (Å²) < 4.78 is 12.9. The molecule has 192 valence electrons. The second-order valence-corrected chi connectivity index (χ2v) is 16.8. The summed E-state index contributed by atoms with van der Waals surface area (Å²) in [7, 11) is -2.10. The van der Waals surface area contributed by atoms with E-state index in [-0.39, 0.29) is 34.9 Å². The van der Waals surface area contributed by atoms with Gasteiger partial charge in [-0.3, -0.25) is 14.4 Å². The van der Waals surface area contributed by atoms with Gasteiger partial charge in [-0.15, -0.1) is 0 Å². The predicted molar refractivity (Wildman–Crippen MR) is 136 cm³/mol. The third kappa shape index (κ3) is 4.44. The largest absolute Gasteiger partial charge is 0.467 e. The van der Waals surface area contributed by atoms with Gasteiger partial charge >= 0.3 is 0 Å². The van der Waals surface area contributed by atoms with Gasteiger partial charge in [-0.25, -0.2) is 4.90 Å². The first-order valence-corrected chi connectivity index (χ1v) is 15.8. The lowest BCUT2D eigenvalue weighted by molar-refractivity contribution is -0.162. The zero-order valence-corrected chi connectivity index (χ0v) is 23.1. The standard InChI is InChI=1S/C27H40N2O5Si/c1-17(22-21(23(30)28-22)18(2)34-35(6,7)26(3,4)5)24(31)29-25(32)19-13-9-10-14-20(19)33-27(29)15-11-8-12-16-27/h9-10,13-14,17-18,21-22H,8,11-12,15-16H2,1-7H3,(H,28,30)/t17-,18?,21?,22?/m1/s1. The molecule has 8 heteroatoms. The Hall–Kier alpha value is -2.19. The first-order valence-electron chi connectivity index (χ1n) is 12.9. The van der Waals surface area contributed by atoms with Crippen LogP contribution in [0.3, 0.4) is 0 Å².